The second-order valence-corrected chi connectivity index (χ2v) is 3.87. The molecular weight excluding hydrogens is 180 g/mol. The van der Waals surface area contributed by atoms with E-state index in [0.717, 1.165) is 12.8 Å². The summed E-state index contributed by atoms with van der Waals surface area (Å²) in [5.41, 5.74) is 0. The molecule has 0 aromatic heterocycles. The van der Waals surface area contributed by atoms with Gasteiger partial charge in [0.15, 0.2) is 0 Å². The first kappa shape index (κ1) is 13.9. The van der Waals surface area contributed by atoms with Gasteiger partial charge in [0, 0.05) is 0 Å². The molecule has 0 saturated heterocycles. The van der Waals surface area contributed by atoms with E-state index in [1.807, 2.05) is 0 Å². The summed E-state index contributed by atoms with van der Waals surface area (Å²) in [5.74, 6) is 0. The number of hydrogen-bond acceptors (Lipinski definition) is 3. The fourth-order valence-electron chi connectivity index (χ4n) is 1.45. The largest absolute Gasteiger partial charge is 0.394 e. The van der Waals surface area contributed by atoms with Crippen LogP contribution in [0.25, 0.3) is 0 Å². The zero-order valence-electron chi connectivity index (χ0n) is 9.15. The highest BCUT2D eigenvalue weighted by Gasteiger charge is 2.13. The first-order valence-electron chi connectivity index (χ1n) is 5.69. The SMILES string of the molecule is CCCCCCCCC(O)C(O)CO. The van der Waals surface area contributed by atoms with Gasteiger partial charge < -0.3 is 15.3 Å². The Hall–Kier alpha value is -0.120. The van der Waals surface area contributed by atoms with Gasteiger partial charge in [0.05, 0.1) is 12.7 Å². The molecule has 0 aliphatic carbocycles. The zero-order chi connectivity index (χ0) is 10.8. The number of hydrogen-bond donors (Lipinski definition) is 3. The smallest absolute Gasteiger partial charge is 0.103 e. The van der Waals surface area contributed by atoms with E-state index in [2.05, 4.69) is 6.92 Å². The molecule has 0 amide bonds. The Morgan fingerprint density at radius 2 is 1.43 bits per heavy atom. The van der Waals surface area contributed by atoms with Gasteiger partial charge in [-0.1, -0.05) is 45.4 Å². The molecule has 0 rings (SSSR count). The lowest BCUT2D eigenvalue weighted by atomic mass is 10.0. The molecule has 86 valence electrons. The minimum Gasteiger partial charge on any atom is -0.394 e. The van der Waals surface area contributed by atoms with Crippen molar-refractivity contribution in [2.24, 2.45) is 0 Å². The first-order valence-corrected chi connectivity index (χ1v) is 5.69. The lowest BCUT2D eigenvalue weighted by Gasteiger charge is -2.14. The minimum atomic E-state index is -0.967. The van der Waals surface area contributed by atoms with E-state index in [-0.39, 0.29) is 6.61 Å². The lowest BCUT2D eigenvalue weighted by molar-refractivity contribution is -0.0185. The minimum absolute atomic E-state index is 0.350. The Morgan fingerprint density at radius 3 is 2.00 bits per heavy atom. The molecule has 0 heterocycles. The van der Waals surface area contributed by atoms with Crippen LogP contribution in [-0.4, -0.2) is 34.1 Å². The van der Waals surface area contributed by atoms with Crippen LogP contribution in [0.15, 0.2) is 0 Å². The summed E-state index contributed by atoms with van der Waals surface area (Å²) in [6.07, 6.45) is 5.89. The van der Waals surface area contributed by atoms with Crippen molar-refractivity contribution in [3.8, 4) is 0 Å². The fraction of sp³-hybridized carbons (Fsp3) is 1.00. The second kappa shape index (κ2) is 9.44. The summed E-state index contributed by atoms with van der Waals surface area (Å²) >= 11 is 0. The summed E-state index contributed by atoms with van der Waals surface area (Å²) in [6, 6.07) is 0. The van der Waals surface area contributed by atoms with Gasteiger partial charge in [-0.25, -0.2) is 0 Å². The molecule has 0 aliphatic heterocycles. The van der Waals surface area contributed by atoms with Crippen molar-refractivity contribution in [3.63, 3.8) is 0 Å². The number of aliphatic hydroxyl groups is 3. The van der Waals surface area contributed by atoms with Crippen LogP contribution in [-0.2, 0) is 0 Å². The van der Waals surface area contributed by atoms with Gasteiger partial charge in [-0.2, -0.15) is 0 Å². The van der Waals surface area contributed by atoms with E-state index in [0.29, 0.717) is 6.42 Å². The zero-order valence-corrected chi connectivity index (χ0v) is 9.15. The maximum Gasteiger partial charge on any atom is 0.103 e. The van der Waals surface area contributed by atoms with Crippen LogP contribution in [0.4, 0.5) is 0 Å². The van der Waals surface area contributed by atoms with Gasteiger partial charge in [0.2, 0.25) is 0 Å². The van der Waals surface area contributed by atoms with Crippen molar-refractivity contribution in [3.05, 3.63) is 0 Å². The van der Waals surface area contributed by atoms with Gasteiger partial charge in [-0.3, -0.25) is 0 Å². The molecule has 0 radical (unpaired) electrons. The van der Waals surface area contributed by atoms with Crippen molar-refractivity contribution in [1.29, 1.82) is 0 Å². The summed E-state index contributed by atoms with van der Waals surface area (Å²) in [4.78, 5) is 0. The Bertz CT molecular complexity index is 117. The lowest BCUT2D eigenvalue weighted by Crippen LogP contribution is -2.28. The van der Waals surface area contributed by atoms with Crippen LogP contribution in [0.5, 0.6) is 0 Å². The number of unbranched alkanes of at least 4 members (excludes halogenated alkanes) is 5. The molecule has 3 nitrogen and oxygen atoms in total. The number of aliphatic hydroxyl groups excluding tert-OH is 3. The summed E-state index contributed by atoms with van der Waals surface area (Å²) in [7, 11) is 0. The van der Waals surface area contributed by atoms with Crippen molar-refractivity contribution in [1.82, 2.24) is 0 Å². The van der Waals surface area contributed by atoms with E-state index in [1.54, 1.807) is 0 Å². The van der Waals surface area contributed by atoms with Crippen LogP contribution in [0, 0.1) is 0 Å². The van der Waals surface area contributed by atoms with Gasteiger partial charge in [0.25, 0.3) is 0 Å². The Kier molecular flexibility index (Phi) is 9.35. The molecule has 0 saturated carbocycles. The highest BCUT2D eigenvalue weighted by molar-refractivity contribution is 4.65. The van der Waals surface area contributed by atoms with E-state index >= 15 is 0 Å². The third-order valence-corrected chi connectivity index (χ3v) is 2.48. The van der Waals surface area contributed by atoms with Crippen LogP contribution in [0.1, 0.15) is 51.9 Å². The molecule has 3 heteroatoms. The van der Waals surface area contributed by atoms with E-state index < -0.39 is 12.2 Å². The predicted molar refractivity (Wildman–Crippen MR) is 57.1 cm³/mol. The maximum absolute atomic E-state index is 9.31. The van der Waals surface area contributed by atoms with Crippen molar-refractivity contribution >= 4 is 0 Å². The monoisotopic (exact) mass is 204 g/mol. The molecule has 14 heavy (non-hydrogen) atoms. The third kappa shape index (κ3) is 7.30. The van der Waals surface area contributed by atoms with Crippen LogP contribution in [0.2, 0.25) is 0 Å². The van der Waals surface area contributed by atoms with Crippen LogP contribution >= 0.6 is 0 Å². The Balaban J connectivity index is 3.18. The molecule has 2 unspecified atom stereocenters. The Labute approximate surface area is 86.8 Å². The average molecular weight is 204 g/mol. The standard InChI is InChI=1S/C11H24O3/c1-2-3-4-5-6-7-8-10(13)11(14)9-12/h10-14H,2-9H2,1H3. The van der Waals surface area contributed by atoms with Gasteiger partial charge in [0.1, 0.15) is 6.10 Å². The number of rotatable bonds is 9. The highest BCUT2D eigenvalue weighted by Crippen LogP contribution is 2.10. The average Bonchev–Trinajstić information content (AvgIpc) is 2.21. The van der Waals surface area contributed by atoms with E-state index in [9.17, 15) is 5.11 Å². The molecule has 0 aromatic rings. The van der Waals surface area contributed by atoms with Crippen molar-refractivity contribution < 1.29 is 15.3 Å². The van der Waals surface area contributed by atoms with Gasteiger partial charge >= 0.3 is 0 Å². The maximum atomic E-state index is 9.31. The van der Waals surface area contributed by atoms with E-state index in [4.69, 9.17) is 10.2 Å². The molecule has 0 aromatic carbocycles. The first-order chi connectivity index (χ1) is 6.72. The second-order valence-electron chi connectivity index (χ2n) is 3.87. The van der Waals surface area contributed by atoms with Gasteiger partial charge in [-0.05, 0) is 6.42 Å². The topological polar surface area (TPSA) is 60.7 Å². The highest BCUT2D eigenvalue weighted by atomic mass is 16.4. The van der Waals surface area contributed by atoms with Crippen molar-refractivity contribution in [2.75, 3.05) is 6.61 Å². The normalized spacial score (nSPS) is 15.4. The van der Waals surface area contributed by atoms with Gasteiger partial charge in [-0.15, -0.1) is 0 Å². The molecule has 0 aliphatic rings. The van der Waals surface area contributed by atoms with Crippen LogP contribution < -0.4 is 0 Å². The third-order valence-electron chi connectivity index (χ3n) is 2.48. The summed E-state index contributed by atoms with van der Waals surface area (Å²) in [5, 5.41) is 26.9. The molecule has 0 fully saturated rings. The fourth-order valence-corrected chi connectivity index (χ4v) is 1.45. The Morgan fingerprint density at radius 1 is 0.857 bits per heavy atom. The summed E-state index contributed by atoms with van der Waals surface area (Å²) < 4.78 is 0. The molecule has 0 spiro atoms. The molecule has 2 atom stereocenters. The van der Waals surface area contributed by atoms with Crippen LogP contribution in [0.3, 0.4) is 0 Å². The quantitative estimate of drug-likeness (QED) is 0.498. The van der Waals surface area contributed by atoms with Crippen molar-refractivity contribution in [2.45, 2.75) is 64.1 Å². The summed E-state index contributed by atoms with van der Waals surface area (Å²) in [6.45, 7) is 1.83. The van der Waals surface area contributed by atoms with E-state index in [1.165, 1.54) is 25.7 Å². The molecule has 0 bridgehead atoms. The molecule has 3 N–H and O–H groups in total. The predicted octanol–water partition coefficient (Wildman–Crippen LogP) is 1.45. The molecular formula is C11H24O3.